The number of piperidine rings is 1. The molecule has 1 aliphatic carbocycles. The lowest BCUT2D eigenvalue weighted by Crippen LogP contribution is -3.14. The Balaban J connectivity index is 1.77. The van der Waals surface area contributed by atoms with E-state index in [0.717, 1.165) is 6.54 Å². The van der Waals surface area contributed by atoms with E-state index in [9.17, 15) is 4.79 Å². The second kappa shape index (κ2) is 7.17. The molecule has 2 bridgehead atoms. The van der Waals surface area contributed by atoms with Gasteiger partial charge >= 0.3 is 5.97 Å². The summed E-state index contributed by atoms with van der Waals surface area (Å²) in [6.45, 7) is 13.3. The Morgan fingerprint density at radius 2 is 2.04 bits per heavy atom. The van der Waals surface area contributed by atoms with Crippen molar-refractivity contribution in [2.45, 2.75) is 53.1 Å². The van der Waals surface area contributed by atoms with E-state index in [1.807, 2.05) is 0 Å². The number of ether oxygens (including phenoxy) is 2. The molecule has 0 spiro atoms. The van der Waals surface area contributed by atoms with E-state index in [4.69, 9.17) is 9.47 Å². The third kappa shape index (κ3) is 3.28. The van der Waals surface area contributed by atoms with Gasteiger partial charge in [-0.3, -0.25) is 4.79 Å². The van der Waals surface area contributed by atoms with Gasteiger partial charge < -0.3 is 14.4 Å². The fraction of sp³-hybridized carbons (Fsp3) is 0.850. The molecule has 24 heavy (non-hydrogen) atoms. The molecule has 0 amide bonds. The quantitative estimate of drug-likeness (QED) is 0.629. The van der Waals surface area contributed by atoms with Crippen molar-refractivity contribution in [1.82, 2.24) is 0 Å². The van der Waals surface area contributed by atoms with Crippen LogP contribution in [0, 0.1) is 23.2 Å². The molecule has 4 nitrogen and oxygen atoms in total. The third-order valence-corrected chi connectivity index (χ3v) is 6.95. The van der Waals surface area contributed by atoms with Crippen molar-refractivity contribution in [2.24, 2.45) is 23.2 Å². The lowest BCUT2D eigenvalue weighted by atomic mass is 9.56. The van der Waals surface area contributed by atoms with E-state index in [2.05, 4.69) is 26.8 Å². The minimum Gasteiger partial charge on any atom is -0.465 e. The molecule has 5 atom stereocenters. The Morgan fingerprint density at radius 3 is 2.71 bits per heavy atom. The van der Waals surface area contributed by atoms with Crippen LogP contribution in [0.2, 0.25) is 0 Å². The number of quaternary nitrogens is 1. The molecule has 4 heteroatoms. The molecule has 2 fully saturated rings. The first-order valence-corrected chi connectivity index (χ1v) is 9.71. The SMILES string of the molecule is CC(=O)OC[C@]12CO[C@@H](C[NH+]3CCCCC3)[C@H](C(C)=C[C@@H]1C)[C@H]2C. The van der Waals surface area contributed by atoms with Crippen LogP contribution in [0.25, 0.3) is 0 Å². The lowest BCUT2D eigenvalue weighted by Gasteiger charge is -2.55. The fourth-order valence-electron chi connectivity index (χ4n) is 5.35. The van der Waals surface area contributed by atoms with E-state index in [-0.39, 0.29) is 11.4 Å². The van der Waals surface area contributed by atoms with Crippen molar-refractivity contribution in [3.8, 4) is 0 Å². The number of fused-ring (bicyclic) bond motifs is 2. The molecule has 0 aromatic carbocycles. The van der Waals surface area contributed by atoms with Gasteiger partial charge in [-0.1, -0.05) is 25.5 Å². The van der Waals surface area contributed by atoms with Crippen molar-refractivity contribution in [1.29, 1.82) is 0 Å². The largest absolute Gasteiger partial charge is 0.465 e. The first-order valence-electron chi connectivity index (χ1n) is 9.71. The summed E-state index contributed by atoms with van der Waals surface area (Å²) >= 11 is 0. The number of allylic oxidation sites excluding steroid dienone is 1. The van der Waals surface area contributed by atoms with Gasteiger partial charge in [0, 0.05) is 18.3 Å². The maximum atomic E-state index is 11.4. The predicted octanol–water partition coefficient (Wildman–Crippen LogP) is 1.85. The highest BCUT2D eigenvalue weighted by Gasteiger charge is 2.54. The second-order valence-corrected chi connectivity index (χ2v) is 8.39. The smallest absolute Gasteiger partial charge is 0.302 e. The number of hydrogen-bond donors (Lipinski definition) is 1. The molecule has 136 valence electrons. The molecule has 2 saturated heterocycles. The molecule has 1 N–H and O–H groups in total. The van der Waals surface area contributed by atoms with Crippen LogP contribution in [-0.2, 0) is 14.3 Å². The van der Waals surface area contributed by atoms with Gasteiger partial charge in [0.25, 0.3) is 0 Å². The Kier molecular flexibility index (Phi) is 5.36. The molecule has 0 aromatic rings. The van der Waals surface area contributed by atoms with Gasteiger partial charge in [0.05, 0.1) is 26.3 Å². The number of nitrogens with one attached hydrogen (secondary N) is 1. The van der Waals surface area contributed by atoms with Crippen LogP contribution in [0.3, 0.4) is 0 Å². The number of rotatable bonds is 4. The maximum absolute atomic E-state index is 11.4. The number of likely N-dealkylation sites (tertiary alicyclic amines) is 1. The molecule has 2 aliphatic heterocycles. The van der Waals surface area contributed by atoms with Gasteiger partial charge in [0.15, 0.2) is 0 Å². The Hall–Kier alpha value is -0.870. The summed E-state index contributed by atoms with van der Waals surface area (Å²) in [7, 11) is 0. The fourth-order valence-corrected chi connectivity index (χ4v) is 5.35. The molecule has 0 saturated carbocycles. The van der Waals surface area contributed by atoms with Gasteiger partial charge in [0.1, 0.15) is 12.6 Å². The highest BCUT2D eigenvalue weighted by Crippen LogP contribution is 2.52. The summed E-state index contributed by atoms with van der Waals surface area (Å²) in [6.07, 6.45) is 6.81. The Labute approximate surface area is 146 Å². The summed E-state index contributed by atoms with van der Waals surface area (Å²) in [5.41, 5.74) is 1.40. The Bertz CT molecular complexity index is 497. The zero-order valence-electron chi connectivity index (χ0n) is 15.8. The normalized spacial score (nSPS) is 40.1. The highest BCUT2D eigenvalue weighted by molar-refractivity contribution is 5.65. The van der Waals surface area contributed by atoms with Gasteiger partial charge in [0.2, 0.25) is 0 Å². The first kappa shape index (κ1) is 17.9. The van der Waals surface area contributed by atoms with E-state index in [1.54, 1.807) is 4.90 Å². The highest BCUT2D eigenvalue weighted by atomic mass is 16.5. The Morgan fingerprint density at radius 1 is 1.33 bits per heavy atom. The average Bonchev–Trinajstić information content (AvgIpc) is 2.54. The van der Waals surface area contributed by atoms with Crippen LogP contribution in [0.4, 0.5) is 0 Å². The zero-order valence-corrected chi connectivity index (χ0v) is 15.8. The number of hydrogen-bond acceptors (Lipinski definition) is 3. The average molecular weight is 336 g/mol. The second-order valence-electron chi connectivity index (χ2n) is 8.39. The van der Waals surface area contributed by atoms with Crippen molar-refractivity contribution in [3.63, 3.8) is 0 Å². The van der Waals surface area contributed by atoms with Crippen molar-refractivity contribution >= 4 is 5.97 Å². The molecule has 0 radical (unpaired) electrons. The summed E-state index contributed by atoms with van der Waals surface area (Å²) in [5.74, 6) is 1.14. The molecule has 3 aliphatic rings. The number of esters is 1. The molecule has 0 aromatic heterocycles. The van der Waals surface area contributed by atoms with E-state index in [0.29, 0.717) is 37.1 Å². The third-order valence-electron chi connectivity index (χ3n) is 6.95. The van der Waals surface area contributed by atoms with Crippen molar-refractivity contribution in [2.75, 3.05) is 32.8 Å². The van der Waals surface area contributed by atoms with E-state index < -0.39 is 0 Å². The molecular weight excluding hydrogens is 302 g/mol. The first-order chi connectivity index (χ1) is 11.4. The molecule has 3 rings (SSSR count). The summed E-state index contributed by atoms with van der Waals surface area (Å²) in [5, 5.41) is 0. The van der Waals surface area contributed by atoms with E-state index in [1.165, 1.54) is 44.8 Å². The van der Waals surface area contributed by atoms with Gasteiger partial charge in [-0.25, -0.2) is 0 Å². The van der Waals surface area contributed by atoms with Gasteiger partial charge in [-0.05, 0) is 38.0 Å². The van der Waals surface area contributed by atoms with Crippen LogP contribution in [0.5, 0.6) is 0 Å². The van der Waals surface area contributed by atoms with Crippen molar-refractivity contribution in [3.05, 3.63) is 11.6 Å². The van der Waals surface area contributed by atoms with Crippen LogP contribution < -0.4 is 4.90 Å². The van der Waals surface area contributed by atoms with E-state index >= 15 is 0 Å². The summed E-state index contributed by atoms with van der Waals surface area (Å²) in [4.78, 5) is 13.1. The minimum absolute atomic E-state index is 0.0659. The molecule has 2 heterocycles. The van der Waals surface area contributed by atoms with Crippen LogP contribution in [0.15, 0.2) is 11.6 Å². The monoisotopic (exact) mass is 336 g/mol. The summed E-state index contributed by atoms with van der Waals surface area (Å²) < 4.78 is 11.9. The minimum atomic E-state index is -0.188. The summed E-state index contributed by atoms with van der Waals surface area (Å²) in [6, 6.07) is 0. The lowest BCUT2D eigenvalue weighted by molar-refractivity contribution is -0.908. The standard InChI is InChI=1S/C20H33NO3/c1-14-10-15(2)20(12-23-17(4)22)13-24-18(19(14)16(20)3)11-21-8-6-5-7-9-21/h10,15-16,18-19H,5-9,11-13H2,1-4H3/p+1/t15-,16+,18-,19+,20-/m0/s1. The van der Waals surface area contributed by atoms with Crippen molar-refractivity contribution < 1.29 is 19.2 Å². The molecular formula is C20H34NO3+. The van der Waals surface area contributed by atoms with Gasteiger partial charge in [-0.2, -0.15) is 0 Å². The number of carbonyl (C=O) groups is 1. The van der Waals surface area contributed by atoms with Crippen LogP contribution in [-0.4, -0.2) is 44.9 Å². The number of carbonyl (C=O) groups excluding carboxylic acids is 1. The molecule has 0 unspecified atom stereocenters. The topological polar surface area (TPSA) is 40.0 Å². The predicted molar refractivity (Wildman–Crippen MR) is 93.8 cm³/mol. The van der Waals surface area contributed by atoms with Crippen LogP contribution >= 0.6 is 0 Å². The zero-order chi connectivity index (χ0) is 17.3. The van der Waals surface area contributed by atoms with Gasteiger partial charge in [-0.15, -0.1) is 0 Å². The maximum Gasteiger partial charge on any atom is 0.302 e. The van der Waals surface area contributed by atoms with Crippen LogP contribution in [0.1, 0.15) is 47.0 Å².